The molecule has 0 bridgehead atoms. The second-order valence-electron chi connectivity index (χ2n) is 4.35. The van der Waals surface area contributed by atoms with Gasteiger partial charge in [-0.2, -0.15) is 0 Å². The Bertz CT molecular complexity index is 204. The van der Waals surface area contributed by atoms with E-state index in [1.807, 2.05) is 18.7 Å². The van der Waals surface area contributed by atoms with Crippen LogP contribution >= 0.6 is 0 Å². The molecule has 1 unspecified atom stereocenters. The fourth-order valence-electron chi connectivity index (χ4n) is 1.90. The quantitative estimate of drug-likeness (QED) is 0.622. The van der Waals surface area contributed by atoms with E-state index in [1.165, 1.54) is 0 Å². The van der Waals surface area contributed by atoms with E-state index in [4.69, 9.17) is 5.73 Å². The molecule has 1 saturated heterocycles. The second kappa shape index (κ2) is 3.64. The highest BCUT2D eigenvalue weighted by molar-refractivity contribution is 5.76. The molecule has 1 fully saturated rings. The molecule has 0 saturated carbocycles. The lowest BCUT2D eigenvalue weighted by molar-refractivity contribution is -0.122. The first-order chi connectivity index (χ1) is 5.92. The van der Waals surface area contributed by atoms with E-state index in [0.717, 1.165) is 13.0 Å². The number of carbonyl (C=O) groups excluding carboxylic acids is 1. The van der Waals surface area contributed by atoms with E-state index >= 15 is 0 Å². The Hall–Kier alpha value is -0.610. The average Bonchev–Trinajstić information content (AvgIpc) is 1.93. The largest absolute Gasteiger partial charge is 0.393 e. The highest BCUT2D eigenvalue weighted by Crippen LogP contribution is 2.26. The number of hydrogen-bond donors (Lipinski definition) is 2. The number of likely N-dealkylation sites (tertiary alicyclic amines) is 1. The van der Waals surface area contributed by atoms with Crippen LogP contribution in [-0.4, -0.2) is 40.6 Å². The van der Waals surface area contributed by atoms with E-state index in [0.29, 0.717) is 13.0 Å². The summed E-state index contributed by atoms with van der Waals surface area (Å²) in [6, 6.07) is 0. The third-order valence-electron chi connectivity index (χ3n) is 2.67. The van der Waals surface area contributed by atoms with Crippen LogP contribution in [0, 0.1) is 0 Å². The van der Waals surface area contributed by atoms with Crippen LogP contribution in [0.2, 0.25) is 0 Å². The number of nitrogens with zero attached hydrogens (tertiary/aromatic N) is 1. The molecule has 0 aromatic rings. The molecule has 3 N–H and O–H groups in total. The van der Waals surface area contributed by atoms with E-state index < -0.39 is 0 Å². The van der Waals surface area contributed by atoms with Crippen LogP contribution in [0.1, 0.15) is 26.7 Å². The van der Waals surface area contributed by atoms with Crippen LogP contribution in [0.25, 0.3) is 0 Å². The summed E-state index contributed by atoms with van der Waals surface area (Å²) in [5, 5.41) is 9.45. The Labute approximate surface area is 78.7 Å². The van der Waals surface area contributed by atoms with Crippen LogP contribution in [0.5, 0.6) is 0 Å². The first-order valence-electron chi connectivity index (χ1n) is 4.63. The predicted octanol–water partition coefficient (Wildman–Crippen LogP) is -0.293. The average molecular weight is 186 g/mol. The number of aliphatic hydroxyl groups is 1. The molecule has 13 heavy (non-hydrogen) atoms. The van der Waals surface area contributed by atoms with Gasteiger partial charge in [-0.15, -0.1) is 0 Å². The number of carbonyl (C=O) groups is 1. The normalized spacial score (nSPS) is 28.7. The maximum absolute atomic E-state index is 10.8. The molecule has 4 heteroatoms. The van der Waals surface area contributed by atoms with Gasteiger partial charge in [0, 0.05) is 12.1 Å². The Morgan fingerprint density at radius 1 is 1.69 bits per heavy atom. The highest BCUT2D eigenvalue weighted by Gasteiger charge is 2.34. The molecular weight excluding hydrogens is 168 g/mol. The van der Waals surface area contributed by atoms with Crippen molar-refractivity contribution in [1.82, 2.24) is 4.90 Å². The number of piperidine rings is 1. The summed E-state index contributed by atoms with van der Waals surface area (Å²) in [6.45, 7) is 5.09. The molecule has 1 atom stereocenters. The zero-order valence-electron chi connectivity index (χ0n) is 8.29. The summed E-state index contributed by atoms with van der Waals surface area (Å²) in [6.07, 6.45) is 1.20. The zero-order chi connectivity index (χ0) is 10.1. The molecule has 0 radical (unpaired) electrons. The number of rotatable bonds is 2. The second-order valence-corrected chi connectivity index (χ2v) is 4.35. The first kappa shape index (κ1) is 10.5. The molecule has 0 aromatic heterocycles. The van der Waals surface area contributed by atoms with E-state index in [2.05, 4.69) is 0 Å². The molecule has 0 spiro atoms. The fourth-order valence-corrected chi connectivity index (χ4v) is 1.90. The third kappa shape index (κ3) is 2.67. The van der Waals surface area contributed by atoms with Crippen LogP contribution in [-0.2, 0) is 4.79 Å². The minimum absolute atomic E-state index is 0.118. The molecule has 1 aliphatic heterocycles. The van der Waals surface area contributed by atoms with Crippen molar-refractivity contribution in [3.63, 3.8) is 0 Å². The number of nitrogens with two attached hydrogens (primary N) is 1. The minimum atomic E-state index is -0.301. The number of amides is 1. The van der Waals surface area contributed by atoms with Crippen molar-refractivity contribution in [2.24, 2.45) is 5.73 Å². The lowest BCUT2D eigenvalue weighted by atomic mass is 9.88. The summed E-state index contributed by atoms with van der Waals surface area (Å²) in [7, 11) is 0. The minimum Gasteiger partial charge on any atom is -0.393 e. The standard InChI is InChI=1S/C9H18N2O2/c1-9(2)5-7(12)3-4-11(9)6-8(10)13/h7,12H,3-6H2,1-2H3,(H2,10,13). The monoisotopic (exact) mass is 186 g/mol. The van der Waals surface area contributed by atoms with Gasteiger partial charge in [-0.05, 0) is 26.7 Å². The van der Waals surface area contributed by atoms with Gasteiger partial charge in [-0.3, -0.25) is 9.69 Å². The molecule has 0 aromatic carbocycles. The zero-order valence-corrected chi connectivity index (χ0v) is 8.29. The SMILES string of the molecule is CC1(C)CC(O)CCN1CC(N)=O. The van der Waals surface area contributed by atoms with Gasteiger partial charge in [0.1, 0.15) is 0 Å². The number of primary amides is 1. The van der Waals surface area contributed by atoms with Gasteiger partial charge in [0.25, 0.3) is 0 Å². The van der Waals surface area contributed by atoms with E-state index in [9.17, 15) is 9.90 Å². The summed E-state index contributed by atoms with van der Waals surface area (Å²) < 4.78 is 0. The van der Waals surface area contributed by atoms with Crippen molar-refractivity contribution in [3.05, 3.63) is 0 Å². The van der Waals surface area contributed by atoms with E-state index in [1.54, 1.807) is 0 Å². The number of aliphatic hydroxyl groups excluding tert-OH is 1. The molecule has 1 amide bonds. The third-order valence-corrected chi connectivity index (χ3v) is 2.67. The Kier molecular flexibility index (Phi) is 2.93. The first-order valence-corrected chi connectivity index (χ1v) is 4.63. The van der Waals surface area contributed by atoms with Crippen LogP contribution in [0.4, 0.5) is 0 Å². The topological polar surface area (TPSA) is 66.6 Å². The van der Waals surface area contributed by atoms with E-state index in [-0.39, 0.29) is 17.6 Å². The Morgan fingerprint density at radius 2 is 2.31 bits per heavy atom. The summed E-state index contributed by atoms with van der Waals surface area (Å²) >= 11 is 0. The van der Waals surface area contributed by atoms with Gasteiger partial charge in [0.15, 0.2) is 0 Å². The number of hydrogen-bond acceptors (Lipinski definition) is 3. The van der Waals surface area contributed by atoms with Crippen molar-refractivity contribution >= 4 is 5.91 Å². The van der Waals surface area contributed by atoms with Crippen LogP contribution < -0.4 is 5.73 Å². The van der Waals surface area contributed by atoms with Gasteiger partial charge in [0.05, 0.1) is 12.6 Å². The fraction of sp³-hybridized carbons (Fsp3) is 0.889. The molecule has 4 nitrogen and oxygen atoms in total. The van der Waals surface area contributed by atoms with Gasteiger partial charge in [-0.25, -0.2) is 0 Å². The Morgan fingerprint density at radius 3 is 2.77 bits per heavy atom. The summed E-state index contributed by atoms with van der Waals surface area (Å²) in [5.41, 5.74) is 5.02. The predicted molar refractivity (Wildman–Crippen MR) is 50.1 cm³/mol. The molecule has 0 aliphatic carbocycles. The van der Waals surface area contributed by atoms with Crippen molar-refractivity contribution in [2.45, 2.75) is 38.3 Å². The molecular formula is C9H18N2O2. The molecule has 1 heterocycles. The highest BCUT2D eigenvalue weighted by atomic mass is 16.3. The van der Waals surface area contributed by atoms with Crippen molar-refractivity contribution in [3.8, 4) is 0 Å². The molecule has 1 aliphatic rings. The Balaban J connectivity index is 2.59. The van der Waals surface area contributed by atoms with Crippen molar-refractivity contribution in [2.75, 3.05) is 13.1 Å². The van der Waals surface area contributed by atoms with Crippen molar-refractivity contribution < 1.29 is 9.90 Å². The maximum Gasteiger partial charge on any atom is 0.231 e. The maximum atomic E-state index is 10.8. The molecule has 1 rings (SSSR count). The lowest BCUT2D eigenvalue weighted by Crippen LogP contribution is -2.53. The molecule has 76 valence electrons. The van der Waals surface area contributed by atoms with Crippen molar-refractivity contribution in [1.29, 1.82) is 0 Å². The van der Waals surface area contributed by atoms with Gasteiger partial charge in [-0.1, -0.05) is 0 Å². The lowest BCUT2D eigenvalue weighted by Gasteiger charge is -2.43. The summed E-state index contributed by atoms with van der Waals surface area (Å²) in [4.78, 5) is 12.8. The van der Waals surface area contributed by atoms with Gasteiger partial charge >= 0.3 is 0 Å². The van der Waals surface area contributed by atoms with Gasteiger partial charge < -0.3 is 10.8 Å². The van der Waals surface area contributed by atoms with Crippen LogP contribution in [0.15, 0.2) is 0 Å². The smallest absolute Gasteiger partial charge is 0.231 e. The van der Waals surface area contributed by atoms with Crippen LogP contribution in [0.3, 0.4) is 0 Å². The summed E-state index contributed by atoms with van der Waals surface area (Å²) in [5.74, 6) is -0.301. The van der Waals surface area contributed by atoms with Gasteiger partial charge in [0.2, 0.25) is 5.91 Å².